The van der Waals surface area contributed by atoms with Crippen LogP contribution in [0.15, 0.2) is 48.7 Å². The summed E-state index contributed by atoms with van der Waals surface area (Å²) in [7, 11) is 0. The van der Waals surface area contributed by atoms with Crippen LogP contribution in [0.3, 0.4) is 0 Å². The van der Waals surface area contributed by atoms with Crippen LogP contribution < -0.4 is 16.0 Å². The topological polar surface area (TPSA) is 91.8 Å². The molecule has 3 rings (SSSR count). The molecule has 0 aliphatic rings. The van der Waals surface area contributed by atoms with Crippen LogP contribution in [0.2, 0.25) is 5.02 Å². The summed E-state index contributed by atoms with van der Waals surface area (Å²) in [5, 5.41) is 17.6. The molecule has 0 bridgehead atoms. The SMILES string of the molecule is CC(=O)Nc1cccc(Nc2nncc(Nc3ccc(Cl)cc3C)n2)c1. The van der Waals surface area contributed by atoms with Crippen molar-refractivity contribution in [1.29, 1.82) is 0 Å². The maximum atomic E-state index is 11.2. The number of nitrogens with one attached hydrogen (secondary N) is 3. The highest BCUT2D eigenvalue weighted by Crippen LogP contribution is 2.23. The maximum absolute atomic E-state index is 11.2. The van der Waals surface area contributed by atoms with Crippen LogP contribution in [-0.2, 0) is 4.79 Å². The molecule has 0 spiro atoms. The summed E-state index contributed by atoms with van der Waals surface area (Å²) in [4.78, 5) is 15.6. The molecule has 2 aromatic carbocycles. The van der Waals surface area contributed by atoms with Crippen LogP contribution >= 0.6 is 11.6 Å². The number of rotatable bonds is 5. The van der Waals surface area contributed by atoms with Gasteiger partial charge in [0.15, 0.2) is 5.82 Å². The maximum Gasteiger partial charge on any atom is 0.249 e. The molecule has 1 aromatic heterocycles. The predicted molar refractivity (Wildman–Crippen MR) is 103 cm³/mol. The normalized spacial score (nSPS) is 10.3. The molecule has 1 amide bonds. The summed E-state index contributed by atoms with van der Waals surface area (Å²) in [5.41, 5.74) is 3.29. The third kappa shape index (κ3) is 4.67. The molecular weight excluding hydrogens is 352 g/mol. The summed E-state index contributed by atoms with van der Waals surface area (Å²) in [6.45, 7) is 3.41. The summed E-state index contributed by atoms with van der Waals surface area (Å²) in [5.74, 6) is 0.747. The Morgan fingerprint density at radius 1 is 1.08 bits per heavy atom. The molecule has 7 nitrogen and oxygen atoms in total. The molecule has 1 heterocycles. The second-order valence-electron chi connectivity index (χ2n) is 5.64. The molecule has 0 unspecified atom stereocenters. The molecule has 8 heteroatoms. The number of hydrogen-bond acceptors (Lipinski definition) is 6. The molecule has 0 aliphatic carbocycles. The van der Waals surface area contributed by atoms with Gasteiger partial charge in [0, 0.05) is 29.0 Å². The molecule has 0 atom stereocenters. The molecule has 3 N–H and O–H groups in total. The van der Waals surface area contributed by atoms with E-state index in [4.69, 9.17) is 11.6 Å². The van der Waals surface area contributed by atoms with Crippen molar-refractivity contribution < 1.29 is 4.79 Å². The van der Waals surface area contributed by atoms with Crippen molar-refractivity contribution >= 4 is 46.3 Å². The number of anilines is 5. The molecular formula is C18H17ClN6O. The van der Waals surface area contributed by atoms with Crippen LogP contribution in [0.25, 0.3) is 0 Å². The van der Waals surface area contributed by atoms with E-state index in [0.29, 0.717) is 22.5 Å². The lowest BCUT2D eigenvalue weighted by Gasteiger charge is -2.10. The highest BCUT2D eigenvalue weighted by molar-refractivity contribution is 6.30. The third-order valence-corrected chi connectivity index (χ3v) is 3.68. The van der Waals surface area contributed by atoms with Gasteiger partial charge in [-0.2, -0.15) is 10.1 Å². The molecule has 0 saturated heterocycles. The van der Waals surface area contributed by atoms with Gasteiger partial charge in [-0.25, -0.2) is 0 Å². The van der Waals surface area contributed by atoms with Crippen molar-refractivity contribution in [3.8, 4) is 0 Å². The summed E-state index contributed by atoms with van der Waals surface area (Å²) < 4.78 is 0. The van der Waals surface area contributed by atoms with Gasteiger partial charge in [-0.15, -0.1) is 5.10 Å². The van der Waals surface area contributed by atoms with E-state index in [-0.39, 0.29) is 5.91 Å². The molecule has 0 aliphatic heterocycles. The van der Waals surface area contributed by atoms with E-state index in [1.807, 2.05) is 31.2 Å². The highest BCUT2D eigenvalue weighted by atomic mass is 35.5. The standard InChI is InChI=1S/C18H17ClN6O/c1-11-8-13(19)6-7-16(11)23-17-10-20-25-18(24-17)22-15-5-3-4-14(9-15)21-12(2)26/h3-10H,1-2H3,(H,21,26)(H2,22,23,24,25). The van der Waals surface area contributed by atoms with Crippen molar-refractivity contribution in [2.24, 2.45) is 0 Å². The first-order valence-electron chi connectivity index (χ1n) is 7.87. The van der Waals surface area contributed by atoms with E-state index < -0.39 is 0 Å². The van der Waals surface area contributed by atoms with Crippen LogP contribution in [-0.4, -0.2) is 21.1 Å². The Morgan fingerprint density at radius 2 is 1.88 bits per heavy atom. The average Bonchev–Trinajstić information content (AvgIpc) is 2.57. The summed E-state index contributed by atoms with van der Waals surface area (Å²) in [6, 6.07) is 12.8. The van der Waals surface area contributed by atoms with E-state index in [1.165, 1.54) is 13.1 Å². The quantitative estimate of drug-likeness (QED) is 0.622. The van der Waals surface area contributed by atoms with Crippen LogP contribution in [0, 0.1) is 6.92 Å². The van der Waals surface area contributed by atoms with Gasteiger partial charge in [-0.3, -0.25) is 4.79 Å². The van der Waals surface area contributed by atoms with E-state index in [9.17, 15) is 4.79 Å². The van der Waals surface area contributed by atoms with Gasteiger partial charge in [0.25, 0.3) is 0 Å². The van der Waals surface area contributed by atoms with Crippen molar-refractivity contribution in [2.75, 3.05) is 16.0 Å². The van der Waals surface area contributed by atoms with E-state index in [1.54, 1.807) is 18.2 Å². The Labute approximate surface area is 155 Å². The fourth-order valence-electron chi connectivity index (χ4n) is 2.33. The summed E-state index contributed by atoms with van der Waals surface area (Å²) in [6.07, 6.45) is 1.53. The number of carbonyl (C=O) groups is 1. The molecule has 0 radical (unpaired) electrons. The molecule has 26 heavy (non-hydrogen) atoms. The van der Waals surface area contributed by atoms with Crippen LogP contribution in [0.4, 0.5) is 28.8 Å². The van der Waals surface area contributed by atoms with Crippen LogP contribution in [0.1, 0.15) is 12.5 Å². The van der Waals surface area contributed by atoms with Crippen molar-refractivity contribution in [3.63, 3.8) is 0 Å². The second-order valence-corrected chi connectivity index (χ2v) is 6.07. The Bertz CT molecular complexity index is 946. The largest absolute Gasteiger partial charge is 0.339 e. The predicted octanol–water partition coefficient (Wildman–Crippen LogP) is 4.28. The lowest BCUT2D eigenvalue weighted by Crippen LogP contribution is -2.06. The fraction of sp³-hybridized carbons (Fsp3) is 0.111. The third-order valence-electron chi connectivity index (χ3n) is 3.45. The number of benzene rings is 2. The Hall–Kier alpha value is -3.19. The number of amides is 1. The van der Waals surface area contributed by atoms with Gasteiger partial charge in [-0.1, -0.05) is 17.7 Å². The van der Waals surface area contributed by atoms with E-state index in [2.05, 4.69) is 31.1 Å². The number of hydrogen-bond donors (Lipinski definition) is 3. The molecule has 0 fully saturated rings. The first kappa shape index (κ1) is 17.6. The smallest absolute Gasteiger partial charge is 0.249 e. The lowest BCUT2D eigenvalue weighted by molar-refractivity contribution is -0.114. The number of carbonyl (C=O) groups excluding carboxylic acids is 1. The second kappa shape index (κ2) is 7.79. The minimum absolute atomic E-state index is 0.135. The Kier molecular flexibility index (Phi) is 5.28. The lowest BCUT2D eigenvalue weighted by atomic mass is 10.2. The Balaban J connectivity index is 1.76. The first-order chi connectivity index (χ1) is 12.5. The van der Waals surface area contributed by atoms with Gasteiger partial charge in [0.05, 0.1) is 6.20 Å². The molecule has 132 valence electrons. The van der Waals surface area contributed by atoms with Gasteiger partial charge in [0.2, 0.25) is 11.9 Å². The first-order valence-corrected chi connectivity index (χ1v) is 8.25. The minimum atomic E-state index is -0.135. The molecule has 3 aromatic rings. The van der Waals surface area contributed by atoms with E-state index in [0.717, 1.165) is 16.9 Å². The van der Waals surface area contributed by atoms with Crippen molar-refractivity contribution in [2.45, 2.75) is 13.8 Å². The van der Waals surface area contributed by atoms with Crippen molar-refractivity contribution in [3.05, 3.63) is 59.2 Å². The van der Waals surface area contributed by atoms with E-state index >= 15 is 0 Å². The number of halogens is 1. The minimum Gasteiger partial charge on any atom is -0.339 e. The van der Waals surface area contributed by atoms with Gasteiger partial charge < -0.3 is 16.0 Å². The number of aromatic nitrogens is 3. The average molecular weight is 369 g/mol. The summed E-state index contributed by atoms with van der Waals surface area (Å²) >= 11 is 5.98. The zero-order chi connectivity index (χ0) is 18.5. The zero-order valence-corrected chi connectivity index (χ0v) is 15.0. The van der Waals surface area contributed by atoms with Gasteiger partial charge >= 0.3 is 0 Å². The van der Waals surface area contributed by atoms with Gasteiger partial charge in [-0.05, 0) is 48.9 Å². The van der Waals surface area contributed by atoms with Crippen molar-refractivity contribution in [1.82, 2.24) is 15.2 Å². The number of aryl methyl sites for hydroxylation is 1. The fourth-order valence-corrected chi connectivity index (χ4v) is 2.56. The zero-order valence-electron chi connectivity index (χ0n) is 14.2. The number of nitrogens with zero attached hydrogens (tertiary/aromatic N) is 3. The highest BCUT2D eigenvalue weighted by Gasteiger charge is 2.05. The Morgan fingerprint density at radius 3 is 2.65 bits per heavy atom. The van der Waals surface area contributed by atoms with Gasteiger partial charge in [0.1, 0.15) is 0 Å². The monoisotopic (exact) mass is 368 g/mol. The molecule has 0 saturated carbocycles. The van der Waals surface area contributed by atoms with Crippen LogP contribution in [0.5, 0.6) is 0 Å².